The molecule has 0 spiro atoms. The summed E-state index contributed by atoms with van der Waals surface area (Å²) in [7, 11) is 0. The maximum absolute atomic E-state index is 12.2. The molecule has 96 valence electrons. The van der Waals surface area contributed by atoms with E-state index in [1.807, 2.05) is 0 Å². The van der Waals surface area contributed by atoms with Crippen LogP contribution in [0.15, 0.2) is 24.3 Å². The number of hydrogen-bond donors (Lipinski definition) is 2. The zero-order valence-electron chi connectivity index (χ0n) is 8.91. The van der Waals surface area contributed by atoms with E-state index in [1.54, 1.807) is 0 Å². The number of aliphatic hydroxyl groups excluding tert-OH is 1. The summed E-state index contributed by atoms with van der Waals surface area (Å²) < 4.78 is 48.3. The fourth-order valence-electron chi connectivity index (χ4n) is 1.23. The van der Waals surface area contributed by atoms with Crippen molar-refractivity contribution in [3.63, 3.8) is 0 Å². The van der Waals surface area contributed by atoms with Crippen LogP contribution in [-0.2, 0) is 6.54 Å². The molecule has 0 aliphatic rings. The second kappa shape index (κ2) is 6.56. The maximum atomic E-state index is 12.2. The first-order valence-electron chi connectivity index (χ1n) is 5.04. The van der Waals surface area contributed by atoms with Gasteiger partial charge in [-0.1, -0.05) is 24.3 Å². The van der Waals surface area contributed by atoms with Gasteiger partial charge in [-0.15, -0.1) is 0 Å². The van der Waals surface area contributed by atoms with Gasteiger partial charge in [0.25, 0.3) is 12.9 Å². The Morgan fingerprint density at radius 1 is 1.06 bits per heavy atom. The first-order valence-corrected chi connectivity index (χ1v) is 5.04. The van der Waals surface area contributed by atoms with Crippen LogP contribution in [0, 0.1) is 0 Å². The molecule has 0 amide bonds. The largest absolute Gasteiger partial charge is 0.386 e. The minimum atomic E-state index is -2.79. The molecule has 0 radical (unpaired) electrons. The second-order valence-corrected chi connectivity index (χ2v) is 3.57. The molecular formula is C11H13F4NO. The van der Waals surface area contributed by atoms with Crippen LogP contribution in [0.4, 0.5) is 17.6 Å². The van der Waals surface area contributed by atoms with Crippen molar-refractivity contribution in [2.24, 2.45) is 0 Å². The number of nitrogens with one attached hydrogen (secondary N) is 1. The van der Waals surface area contributed by atoms with Gasteiger partial charge in [-0.2, -0.15) is 0 Å². The first kappa shape index (κ1) is 13.9. The minimum Gasteiger partial charge on any atom is -0.386 e. The highest BCUT2D eigenvalue weighted by atomic mass is 19.3. The van der Waals surface area contributed by atoms with Crippen molar-refractivity contribution >= 4 is 0 Å². The molecule has 1 aromatic carbocycles. The summed E-state index contributed by atoms with van der Waals surface area (Å²) in [6, 6.07) is 5.54. The van der Waals surface area contributed by atoms with Crippen molar-refractivity contribution in [3.8, 4) is 0 Å². The van der Waals surface area contributed by atoms with Gasteiger partial charge in [0.05, 0.1) is 0 Å². The minimum absolute atomic E-state index is 0.0821. The van der Waals surface area contributed by atoms with Crippen LogP contribution < -0.4 is 5.32 Å². The maximum Gasteiger partial charge on any atom is 0.265 e. The summed E-state index contributed by atoms with van der Waals surface area (Å²) in [5.74, 6) is 0. The summed E-state index contributed by atoms with van der Waals surface area (Å²) in [4.78, 5) is 0. The molecule has 2 nitrogen and oxygen atoms in total. The lowest BCUT2D eigenvalue weighted by atomic mass is 10.1. The molecule has 1 aromatic rings. The summed E-state index contributed by atoms with van der Waals surface area (Å²) in [6.07, 6.45) is -7.02. The van der Waals surface area contributed by atoms with Gasteiger partial charge in [0.15, 0.2) is 0 Å². The van der Waals surface area contributed by atoms with Crippen molar-refractivity contribution < 1.29 is 22.7 Å². The number of hydrogen-bond acceptors (Lipinski definition) is 2. The van der Waals surface area contributed by atoms with Crippen LogP contribution in [0.2, 0.25) is 0 Å². The van der Waals surface area contributed by atoms with Gasteiger partial charge in [-0.25, -0.2) is 17.6 Å². The van der Waals surface area contributed by atoms with E-state index in [4.69, 9.17) is 5.11 Å². The number of halogens is 4. The third-order valence-corrected chi connectivity index (χ3v) is 2.21. The average Bonchev–Trinajstić information content (AvgIpc) is 2.29. The molecule has 0 aliphatic carbocycles. The molecule has 0 heterocycles. The molecular weight excluding hydrogens is 238 g/mol. The van der Waals surface area contributed by atoms with Gasteiger partial charge < -0.3 is 10.4 Å². The zero-order valence-corrected chi connectivity index (χ0v) is 8.91. The van der Waals surface area contributed by atoms with Crippen LogP contribution in [0.3, 0.4) is 0 Å². The standard InChI is InChI=1S/C11H13F4NO/c12-10(13)8-3-1-7(2-4-8)5-16-6-9(17)11(14)15/h1-4,9-11,16-17H,5-6H2. The quantitative estimate of drug-likeness (QED) is 0.760. The third-order valence-electron chi connectivity index (χ3n) is 2.21. The summed E-state index contributed by atoms with van der Waals surface area (Å²) in [5, 5.41) is 11.4. The first-order chi connectivity index (χ1) is 8.00. The van der Waals surface area contributed by atoms with Crippen molar-refractivity contribution in [2.75, 3.05) is 6.54 Å². The Bertz CT molecular complexity index is 329. The smallest absolute Gasteiger partial charge is 0.265 e. The van der Waals surface area contributed by atoms with E-state index in [2.05, 4.69) is 5.32 Å². The predicted molar refractivity (Wildman–Crippen MR) is 55.1 cm³/mol. The highest BCUT2D eigenvalue weighted by Crippen LogP contribution is 2.18. The molecule has 0 saturated carbocycles. The van der Waals surface area contributed by atoms with E-state index < -0.39 is 19.0 Å². The summed E-state index contributed by atoms with van der Waals surface area (Å²) in [5.41, 5.74) is 0.609. The Kier molecular flexibility index (Phi) is 5.37. The Morgan fingerprint density at radius 2 is 1.65 bits per heavy atom. The molecule has 6 heteroatoms. The van der Waals surface area contributed by atoms with Gasteiger partial charge in [0, 0.05) is 18.7 Å². The fraction of sp³-hybridized carbons (Fsp3) is 0.455. The molecule has 1 rings (SSSR count). The van der Waals surface area contributed by atoms with E-state index >= 15 is 0 Å². The molecule has 0 aromatic heterocycles. The molecule has 1 atom stereocenters. The molecule has 0 fully saturated rings. The van der Waals surface area contributed by atoms with Gasteiger partial charge in [0.1, 0.15) is 6.10 Å². The van der Waals surface area contributed by atoms with Crippen molar-refractivity contribution in [1.29, 1.82) is 0 Å². The Morgan fingerprint density at radius 3 is 2.12 bits per heavy atom. The van der Waals surface area contributed by atoms with E-state index in [1.165, 1.54) is 24.3 Å². The zero-order chi connectivity index (χ0) is 12.8. The third kappa shape index (κ3) is 4.70. The van der Waals surface area contributed by atoms with Crippen LogP contribution in [0.5, 0.6) is 0 Å². The van der Waals surface area contributed by atoms with Crippen molar-refractivity contribution in [1.82, 2.24) is 5.32 Å². The topological polar surface area (TPSA) is 32.3 Å². The molecule has 2 N–H and O–H groups in total. The molecule has 0 bridgehead atoms. The lowest BCUT2D eigenvalue weighted by Gasteiger charge is -2.10. The monoisotopic (exact) mass is 251 g/mol. The van der Waals surface area contributed by atoms with Gasteiger partial charge in [-0.05, 0) is 5.56 Å². The fourth-order valence-corrected chi connectivity index (χ4v) is 1.23. The van der Waals surface area contributed by atoms with Crippen LogP contribution in [0.25, 0.3) is 0 Å². The Hall–Kier alpha value is -1.14. The van der Waals surface area contributed by atoms with Crippen LogP contribution >= 0.6 is 0 Å². The molecule has 1 unspecified atom stereocenters. The van der Waals surface area contributed by atoms with E-state index in [9.17, 15) is 17.6 Å². The van der Waals surface area contributed by atoms with Gasteiger partial charge in [-0.3, -0.25) is 0 Å². The Labute approximate surface area is 96.3 Å². The average molecular weight is 251 g/mol. The Balaban J connectivity index is 2.37. The number of aliphatic hydroxyl groups is 1. The lowest BCUT2D eigenvalue weighted by Crippen LogP contribution is -2.31. The summed E-state index contributed by atoms with van der Waals surface area (Å²) in [6.45, 7) is 0.00155. The second-order valence-electron chi connectivity index (χ2n) is 3.57. The van der Waals surface area contributed by atoms with Crippen molar-refractivity contribution in [3.05, 3.63) is 35.4 Å². The number of alkyl halides is 4. The number of rotatable bonds is 6. The van der Waals surface area contributed by atoms with Gasteiger partial charge >= 0.3 is 0 Å². The molecule has 17 heavy (non-hydrogen) atoms. The summed E-state index contributed by atoms with van der Waals surface area (Å²) >= 11 is 0. The van der Waals surface area contributed by atoms with E-state index in [0.717, 1.165) is 0 Å². The SMILES string of the molecule is OC(CNCc1ccc(C(F)F)cc1)C(F)F. The predicted octanol–water partition coefficient (Wildman–Crippen LogP) is 2.34. The normalized spacial score (nSPS) is 13.4. The highest BCUT2D eigenvalue weighted by Gasteiger charge is 2.15. The lowest BCUT2D eigenvalue weighted by molar-refractivity contribution is -0.00340. The number of benzene rings is 1. The van der Waals surface area contributed by atoms with Gasteiger partial charge in [0.2, 0.25) is 0 Å². The van der Waals surface area contributed by atoms with Crippen molar-refractivity contribution in [2.45, 2.75) is 25.5 Å². The van der Waals surface area contributed by atoms with Crippen LogP contribution in [0.1, 0.15) is 17.6 Å². The van der Waals surface area contributed by atoms with Crippen LogP contribution in [-0.4, -0.2) is 24.2 Å². The highest BCUT2D eigenvalue weighted by molar-refractivity contribution is 5.23. The van der Waals surface area contributed by atoms with E-state index in [0.29, 0.717) is 5.56 Å². The molecule has 0 aliphatic heterocycles. The molecule has 0 saturated heterocycles. The van der Waals surface area contributed by atoms with E-state index in [-0.39, 0.29) is 18.7 Å².